The Balaban J connectivity index is 1.85. The maximum atomic E-state index is 5.98. The maximum absolute atomic E-state index is 5.98. The van der Waals surface area contributed by atoms with Crippen LogP contribution in [0, 0.1) is 13.8 Å². The third-order valence-electron chi connectivity index (χ3n) is 3.65. The van der Waals surface area contributed by atoms with E-state index in [1.807, 2.05) is 38.1 Å². The molecule has 0 radical (unpaired) electrons. The van der Waals surface area contributed by atoms with Crippen LogP contribution in [-0.4, -0.2) is 19.7 Å². The van der Waals surface area contributed by atoms with Crippen LogP contribution >= 0.6 is 0 Å². The smallest absolute Gasteiger partial charge is 0.171 e. The SMILES string of the molecule is CCCn1c(C)nnc1COc1cccc2nc(C)ccc12. The van der Waals surface area contributed by atoms with Crippen LogP contribution in [0.3, 0.4) is 0 Å². The molecule has 5 nitrogen and oxygen atoms in total. The number of hydrogen-bond donors (Lipinski definition) is 0. The van der Waals surface area contributed by atoms with Crippen molar-refractivity contribution in [3.8, 4) is 5.75 Å². The molecule has 2 heterocycles. The van der Waals surface area contributed by atoms with Gasteiger partial charge >= 0.3 is 0 Å². The number of benzene rings is 1. The molecule has 1 aromatic carbocycles. The lowest BCUT2D eigenvalue weighted by atomic mass is 10.2. The first-order valence-electron chi connectivity index (χ1n) is 7.57. The van der Waals surface area contributed by atoms with E-state index in [1.54, 1.807) is 0 Å². The molecule has 3 aromatic rings. The summed E-state index contributed by atoms with van der Waals surface area (Å²) in [5, 5.41) is 9.38. The molecule has 0 spiro atoms. The van der Waals surface area contributed by atoms with E-state index in [-0.39, 0.29) is 0 Å². The highest BCUT2D eigenvalue weighted by Gasteiger charge is 2.10. The summed E-state index contributed by atoms with van der Waals surface area (Å²) in [6, 6.07) is 9.98. The van der Waals surface area contributed by atoms with Crippen LogP contribution in [0.4, 0.5) is 0 Å². The molecule has 3 rings (SSSR count). The van der Waals surface area contributed by atoms with Gasteiger partial charge in [-0.3, -0.25) is 4.98 Å². The minimum absolute atomic E-state index is 0.411. The van der Waals surface area contributed by atoms with E-state index < -0.39 is 0 Å². The molecule has 0 saturated carbocycles. The van der Waals surface area contributed by atoms with Crippen molar-refractivity contribution in [1.29, 1.82) is 0 Å². The van der Waals surface area contributed by atoms with Gasteiger partial charge in [0.25, 0.3) is 0 Å². The second-order valence-corrected chi connectivity index (χ2v) is 5.38. The molecule has 0 amide bonds. The lowest BCUT2D eigenvalue weighted by molar-refractivity contribution is 0.291. The molecule has 0 saturated heterocycles. The number of ether oxygens (including phenoxy) is 1. The van der Waals surface area contributed by atoms with Gasteiger partial charge in [0.05, 0.1) is 5.52 Å². The molecule has 22 heavy (non-hydrogen) atoms. The van der Waals surface area contributed by atoms with Crippen LogP contribution in [-0.2, 0) is 13.2 Å². The molecule has 0 aliphatic rings. The molecule has 0 aliphatic heterocycles. The quantitative estimate of drug-likeness (QED) is 0.724. The van der Waals surface area contributed by atoms with E-state index in [0.717, 1.165) is 47.0 Å². The Morgan fingerprint density at radius 3 is 2.77 bits per heavy atom. The highest BCUT2D eigenvalue weighted by molar-refractivity contribution is 5.85. The molecular formula is C17H20N4O. The predicted octanol–water partition coefficient (Wildman–Crippen LogP) is 3.43. The molecule has 0 atom stereocenters. The Bertz CT molecular complexity index is 794. The molecule has 114 valence electrons. The summed E-state index contributed by atoms with van der Waals surface area (Å²) in [5.74, 6) is 2.61. The van der Waals surface area contributed by atoms with Gasteiger partial charge in [-0.25, -0.2) is 0 Å². The van der Waals surface area contributed by atoms with Gasteiger partial charge in [0.1, 0.15) is 18.2 Å². The van der Waals surface area contributed by atoms with Crippen molar-refractivity contribution in [3.05, 3.63) is 47.7 Å². The van der Waals surface area contributed by atoms with Gasteiger partial charge in [0.2, 0.25) is 0 Å². The summed E-state index contributed by atoms with van der Waals surface area (Å²) in [7, 11) is 0. The average molecular weight is 296 g/mol. The Morgan fingerprint density at radius 1 is 1.09 bits per heavy atom. The predicted molar refractivity (Wildman–Crippen MR) is 85.9 cm³/mol. The third kappa shape index (κ3) is 2.79. The summed E-state index contributed by atoms with van der Waals surface area (Å²) in [5.41, 5.74) is 1.95. The van der Waals surface area contributed by atoms with Gasteiger partial charge in [-0.1, -0.05) is 13.0 Å². The minimum atomic E-state index is 0.411. The summed E-state index contributed by atoms with van der Waals surface area (Å²) in [6.45, 7) is 7.42. The lowest BCUT2D eigenvalue weighted by Crippen LogP contribution is -2.08. The fourth-order valence-electron chi connectivity index (χ4n) is 2.54. The summed E-state index contributed by atoms with van der Waals surface area (Å²) >= 11 is 0. The molecule has 0 fully saturated rings. The van der Waals surface area contributed by atoms with Gasteiger partial charge in [-0.15, -0.1) is 10.2 Å². The van der Waals surface area contributed by atoms with Crippen LogP contribution in [0.1, 0.15) is 30.7 Å². The first-order chi connectivity index (χ1) is 10.7. The Kier molecular flexibility index (Phi) is 4.04. The normalized spacial score (nSPS) is 11.0. The minimum Gasteiger partial charge on any atom is -0.485 e. The average Bonchev–Trinajstić information content (AvgIpc) is 2.86. The van der Waals surface area contributed by atoms with Crippen molar-refractivity contribution < 1.29 is 4.74 Å². The second kappa shape index (κ2) is 6.13. The number of nitrogens with zero attached hydrogens (tertiary/aromatic N) is 4. The second-order valence-electron chi connectivity index (χ2n) is 5.38. The summed E-state index contributed by atoms with van der Waals surface area (Å²) in [4.78, 5) is 4.53. The molecule has 0 unspecified atom stereocenters. The van der Waals surface area contributed by atoms with Crippen LogP contribution in [0.25, 0.3) is 10.9 Å². The van der Waals surface area contributed by atoms with Crippen molar-refractivity contribution in [2.24, 2.45) is 0 Å². The number of hydrogen-bond acceptors (Lipinski definition) is 4. The van der Waals surface area contributed by atoms with E-state index in [1.165, 1.54) is 0 Å². The van der Waals surface area contributed by atoms with Crippen molar-refractivity contribution >= 4 is 10.9 Å². The Labute approximate surface area is 130 Å². The van der Waals surface area contributed by atoms with E-state index >= 15 is 0 Å². The monoisotopic (exact) mass is 296 g/mol. The van der Waals surface area contributed by atoms with Gasteiger partial charge in [-0.2, -0.15) is 0 Å². The van der Waals surface area contributed by atoms with Crippen LogP contribution in [0.5, 0.6) is 5.75 Å². The zero-order chi connectivity index (χ0) is 15.5. The molecule has 0 bridgehead atoms. The number of fused-ring (bicyclic) bond motifs is 1. The lowest BCUT2D eigenvalue weighted by Gasteiger charge is -2.10. The van der Waals surface area contributed by atoms with E-state index in [0.29, 0.717) is 6.61 Å². The van der Waals surface area contributed by atoms with Crippen LogP contribution in [0.15, 0.2) is 30.3 Å². The largest absolute Gasteiger partial charge is 0.485 e. The number of aromatic nitrogens is 4. The Morgan fingerprint density at radius 2 is 1.95 bits per heavy atom. The van der Waals surface area contributed by atoms with Gasteiger partial charge in [-0.05, 0) is 44.5 Å². The van der Waals surface area contributed by atoms with Gasteiger partial charge < -0.3 is 9.30 Å². The topological polar surface area (TPSA) is 52.8 Å². The zero-order valence-corrected chi connectivity index (χ0v) is 13.2. The summed E-state index contributed by atoms with van der Waals surface area (Å²) in [6.07, 6.45) is 1.04. The number of aryl methyl sites for hydroxylation is 2. The summed E-state index contributed by atoms with van der Waals surface area (Å²) < 4.78 is 8.09. The highest BCUT2D eigenvalue weighted by atomic mass is 16.5. The van der Waals surface area contributed by atoms with Gasteiger partial charge in [0.15, 0.2) is 5.82 Å². The maximum Gasteiger partial charge on any atom is 0.171 e. The first-order valence-corrected chi connectivity index (χ1v) is 7.57. The molecule has 5 heteroatoms. The van der Waals surface area contributed by atoms with Crippen molar-refractivity contribution in [2.75, 3.05) is 0 Å². The van der Waals surface area contributed by atoms with Gasteiger partial charge in [0, 0.05) is 17.6 Å². The number of rotatable bonds is 5. The first kappa shape index (κ1) is 14.5. The number of pyridine rings is 1. The van der Waals surface area contributed by atoms with Crippen molar-refractivity contribution in [1.82, 2.24) is 19.7 Å². The zero-order valence-electron chi connectivity index (χ0n) is 13.2. The standard InChI is InChI=1S/C17H20N4O/c1-4-10-21-13(3)19-20-17(21)11-22-16-7-5-6-15-14(16)9-8-12(2)18-15/h5-9H,4,10-11H2,1-3H3. The van der Waals surface area contributed by atoms with E-state index in [4.69, 9.17) is 4.74 Å². The van der Waals surface area contributed by atoms with Crippen molar-refractivity contribution in [2.45, 2.75) is 40.3 Å². The fourth-order valence-corrected chi connectivity index (χ4v) is 2.54. The van der Waals surface area contributed by atoms with E-state index in [2.05, 4.69) is 32.7 Å². The van der Waals surface area contributed by atoms with Crippen LogP contribution in [0.2, 0.25) is 0 Å². The molecule has 2 aromatic heterocycles. The third-order valence-corrected chi connectivity index (χ3v) is 3.65. The van der Waals surface area contributed by atoms with Crippen LogP contribution < -0.4 is 4.74 Å². The van der Waals surface area contributed by atoms with Crippen molar-refractivity contribution in [3.63, 3.8) is 0 Å². The fraction of sp³-hybridized carbons (Fsp3) is 0.353. The molecule has 0 N–H and O–H groups in total. The molecule has 0 aliphatic carbocycles. The van der Waals surface area contributed by atoms with E-state index in [9.17, 15) is 0 Å². The highest BCUT2D eigenvalue weighted by Crippen LogP contribution is 2.25. The molecular weight excluding hydrogens is 276 g/mol. The Hall–Kier alpha value is -2.43.